The molecule has 0 saturated carbocycles. The van der Waals surface area contributed by atoms with Gasteiger partial charge < -0.3 is 9.64 Å². The number of rotatable bonds is 10. The number of nitriles is 1. The highest BCUT2D eigenvalue weighted by Crippen LogP contribution is 2.35. The largest absolute Gasteiger partial charge is 0.494 e. The molecule has 9 heteroatoms. The Hall–Kier alpha value is -2.83. The monoisotopic (exact) mass is 496 g/mol. The first-order valence-electron chi connectivity index (χ1n) is 11.6. The van der Waals surface area contributed by atoms with Crippen LogP contribution in [0, 0.1) is 11.3 Å². The highest BCUT2D eigenvalue weighted by molar-refractivity contribution is 7.99. The van der Waals surface area contributed by atoms with Gasteiger partial charge in [0.15, 0.2) is 5.16 Å². The zero-order valence-electron chi connectivity index (χ0n) is 19.5. The zero-order valence-corrected chi connectivity index (χ0v) is 21.1. The minimum absolute atomic E-state index is 0.00838. The Morgan fingerprint density at radius 1 is 1.29 bits per heavy atom. The van der Waals surface area contributed by atoms with E-state index in [1.165, 1.54) is 22.2 Å². The van der Waals surface area contributed by atoms with Crippen molar-refractivity contribution in [2.45, 2.75) is 57.7 Å². The number of aryl methyl sites for hydroxylation is 2. The van der Waals surface area contributed by atoms with Crippen molar-refractivity contribution in [1.29, 1.82) is 5.26 Å². The molecule has 1 aromatic carbocycles. The van der Waals surface area contributed by atoms with Crippen LogP contribution in [-0.4, -0.2) is 34.4 Å². The molecule has 1 amide bonds. The maximum atomic E-state index is 13.4. The van der Waals surface area contributed by atoms with E-state index in [0.29, 0.717) is 30.5 Å². The predicted molar refractivity (Wildman–Crippen MR) is 137 cm³/mol. The molecule has 178 valence electrons. The maximum Gasteiger partial charge on any atom is 0.263 e. The Morgan fingerprint density at radius 3 is 2.79 bits per heavy atom. The molecule has 7 nitrogen and oxygen atoms in total. The molecule has 1 aliphatic carbocycles. The van der Waals surface area contributed by atoms with Gasteiger partial charge in [0.05, 0.1) is 30.2 Å². The average molecular weight is 497 g/mol. The van der Waals surface area contributed by atoms with Crippen LogP contribution in [0.4, 0.5) is 5.69 Å². The molecule has 0 unspecified atom stereocenters. The first kappa shape index (κ1) is 24.3. The lowest BCUT2D eigenvalue weighted by molar-refractivity contribution is -0.116. The van der Waals surface area contributed by atoms with E-state index in [-0.39, 0.29) is 23.6 Å². The van der Waals surface area contributed by atoms with Gasteiger partial charge >= 0.3 is 0 Å². The van der Waals surface area contributed by atoms with Gasteiger partial charge in [-0.3, -0.25) is 14.2 Å². The zero-order chi connectivity index (χ0) is 24.1. The van der Waals surface area contributed by atoms with Crippen LogP contribution in [0.3, 0.4) is 0 Å². The van der Waals surface area contributed by atoms with E-state index in [1.807, 2.05) is 38.1 Å². The summed E-state index contributed by atoms with van der Waals surface area (Å²) in [6, 6.07) is 9.42. The summed E-state index contributed by atoms with van der Waals surface area (Å²) in [7, 11) is 0. The van der Waals surface area contributed by atoms with Crippen molar-refractivity contribution >= 4 is 44.9 Å². The number of carbonyl (C=O) groups is 1. The van der Waals surface area contributed by atoms with Crippen LogP contribution in [0.5, 0.6) is 5.75 Å². The van der Waals surface area contributed by atoms with Gasteiger partial charge in [0.25, 0.3) is 5.56 Å². The third kappa shape index (κ3) is 4.98. The van der Waals surface area contributed by atoms with Crippen molar-refractivity contribution in [3.05, 3.63) is 45.1 Å². The summed E-state index contributed by atoms with van der Waals surface area (Å²) in [5.74, 6) is 0.735. The molecule has 3 aromatic rings. The van der Waals surface area contributed by atoms with Crippen molar-refractivity contribution < 1.29 is 9.53 Å². The molecule has 34 heavy (non-hydrogen) atoms. The number of thioether (sulfide) groups is 1. The van der Waals surface area contributed by atoms with Crippen LogP contribution < -0.4 is 15.2 Å². The number of hydrogen-bond acceptors (Lipinski definition) is 7. The fourth-order valence-corrected chi connectivity index (χ4v) is 6.45. The standard InChI is InChI=1S/C25H28N4O3S2/c1-3-14-29-24(31)22-19-7-5-8-20(19)34-23(22)27-25(29)33-16-21(30)28(15-6-13-26)17-9-11-18(12-10-17)32-4-2/h9-12H,3-8,14-16H2,1-2H3. The van der Waals surface area contributed by atoms with Crippen molar-refractivity contribution in [2.24, 2.45) is 0 Å². The maximum absolute atomic E-state index is 13.4. The molecule has 0 bridgehead atoms. The van der Waals surface area contributed by atoms with E-state index in [0.717, 1.165) is 41.6 Å². The number of hydrogen-bond donors (Lipinski definition) is 0. The topological polar surface area (TPSA) is 88.2 Å². The van der Waals surface area contributed by atoms with E-state index < -0.39 is 0 Å². The Morgan fingerprint density at radius 2 is 2.09 bits per heavy atom. The number of carbonyl (C=O) groups excluding carboxylic acids is 1. The summed E-state index contributed by atoms with van der Waals surface area (Å²) < 4.78 is 7.22. The van der Waals surface area contributed by atoms with Gasteiger partial charge in [-0.2, -0.15) is 5.26 Å². The van der Waals surface area contributed by atoms with Crippen LogP contribution in [0.1, 0.15) is 43.6 Å². The highest BCUT2D eigenvalue weighted by Gasteiger charge is 2.24. The number of anilines is 1. The number of fused-ring (bicyclic) bond motifs is 3. The summed E-state index contributed by atoms with van der Waals surface area (Å²) in [4.78, 5) is 35.1. The predicted octanol–water partition coefficient (Wildman–Crippen LogP) is 4.79. The molecule has 0 aliphatic heterocycles. The molecule has 0 N–H and O–H groups in total. The molecular weight excluding hydrogens is 468 g/mol. The summed E-state index contributed by atoms with van der Waals surface area (Å²) >= 11 is 2.91. The molecular formula is C25H28N4O3S2. The summed E-state index contributed by atoms with van der Waals surface area (Å²) in [5.41, 5.74) is 1.90. The summed E-state index contributed by atoms with van der Waals surface area (Å²) in [5, 5.41) is 10.4. The first-order valence-corrected chi connectivity index (χ1v) is 13.5. The molecule has 4 rings (SSSR count). The Bertz CT molecular complexity index is 1270. The van der Waals surface area contributed by atoms with Crippen LogP contribution >= 0.6 is 23.1 Å². The van der Waals surface area contributed by atoms with Crippen LogP contribution in [0.2, 0.25) is 0 Å². The van der Waals surface area contributed by atoms with Crippen LogP contribution in [0.15, 0.2) is 34.2 Å². The molecule has 0 radical (unpaired) electrons. The molecule has 0 fully saturated rings. The molecule has 2 heterocycles. The lowest BCUT2D eigenvalue weighted by Crippen LogP contribution is -2.33. The number of nitrogens with zero attached hydrogens (tertiary/aromatic N) is 4. The van der Waals surface area contributed by atoms with Crippen molar-refractivity contribution in [3.63, 3.8) is 0 Å². The normalized spacial score (nSPS) is 12.5. The third-order valence-corrected chi connectivity index (χ3v) is 7.92. The molecule has 2 aromatic heterocycles. The fourth-order valence-electron chi connectivity index (χ4n) is 4.24. The van der Waals surface area contributed by atoms with Crippen molar-refractivity contribution in [1.82, 2.24) is 9.55 Å². The number of aromatic nitrogens is 2. The van der Waals surface area contributed by atoms with E-state index in [2.05, 4.69) is 6.07 Å². The van der Waals surface area contributed by atoms with Crippen LogP contribution in [-0.2, 0) is 24.2 Å². The lowest BCUT2D eigenvalue weighted by atomic mass is 10.2. The van der Waals surface area contributed by atoms with Gasteiger partial charge in [-0.25, -0.2) is 4.98 Å². The summed E-state index contributed by atoms with van der Waals surface area (Å²) in [6.45, 7) is 5.39. The van der Waals surface area contributed by atoms with E-state index in [9.17, 15) is 9.59 Å². The molecule has 0 saturated heterocycles. The van der Waals surface area contributed by atoms with Crippen LogP contribution in [0.25, 0.3) is 10.2 Å². The number of benzene rings is 1. The molecule has 1 aliphatic rings. The molecule has 0 atom stereocenters. The third-order valence-electron chi connectivity index (χ3n) is 5.77. The van der Waals surface area contributed by atoms with Gasteiger partial charge in [0, 0.05) is 23.7 Å². The second kappa shape index (κ2) is 11.1. The second-order valence-electron chi connectivity index (χ2n) is 8.06. The van der Waals surface area contributed by atoms with Gasteiger partial charge in [0.2, 0.25) is 5.91 Å². The molecule has 0 spiro atoms. The average Bonchev–Trinajstić information content (AvgIpc) is 3.42. The van der Waals surface area contributed by atoms with Crippen molar-refractivity contribution in [2.75, 3.05) is 23.8 Å². The quantitative estimate of drug-likeness (QED) is 0.296. The van der Waals surface area contributed by atoms with E-state index in [1.54, 1.807) is 20.8 Å². The van der Waals surface area contributed by atoms with Gasteiger partial charge in [-0.15, -0.1) is 11.3 Å². The second-order valence-corrected chi connectivity index (χ2v) is 10.1. The minimum atomic E-state index is -0.129. The smallest absolute Gasteiger partial charge is 0.263 e. The highest BCUT2D eigenvalue weighted by atomic mass is 32.2. The van der Waals surface area contributed by atoms with Gasteiger partial charge in [0.1, 0.15) is 10.6 Å². The number of amides is 1. The van der Waals surface area contributed by atoms with Crippen molar-refractivity contribution in [3.8, 4) is 11.8 Å². The number of thiophene rings is 1. The number of ether oxygens (including phenoxy) is 1. The SMILES string of the molecule is CCCn1c(SCC(=O)N(CCC#N)c2ccc(OCC)cc2)nc2sc3c(c2c1=O)CCC3. The summed E-state index contributed by atoms with van der Waals surface area (Å²) in [6.07, 6.45) is 4.09. The Labute approximate surface area is 207 Å². The minimum Gasteiger partial charge on any atom is -0.494 e. The van der Waals surface area contributed by atoms with E-state index >= 15 is 0 Å². The first-order chi connectivity index (χ1) is 16.6. The lowest BCUT2D eigenvalue weighted by Gasteiger charge is -2.22. The van der Waals surface area contributed by atoms with Gasteiger partial charge in [-0.05, 0) is 62.4 Å². The van der Waals surface area contributed by atoms with Gasteiger partial charge in [-0.1, -0.05) is 18.7 Å². The van der Waals surface area contributed by atoms with E-state index in [4.69, 9.17) is 15.0 Å². The fraction of sp³-hybridized carbons (Fsp3) is 0.440. The Kier molecular flexibility index (Phi) is 7.91. The Balaban J connectivity index is 1.58.